The number of benzene rings is 1. The van der Waals surface area contributed by atoms with Gasteiger partial charge in [0, 0.05) is 19.8 Å². The Balaban J connectivity index is 1.32. The number of ether oxygens (including phenoxy) is 1. The van der Waals surface area contributed by atoms with E-state index in [4.69, 9.17) is 4.74 Å². The maximum Gasteiger partial charge on any atom is 0.259 e. The number of likely N-dealkylation sites (tertiary alicyclic amines) is 1. The third kappa shape index (κ3) is 3.50. The molecule has 4 atom stereocenters. The van der Waals surface area contributed by atoms with Crippen molar-refractivity contribution in [3.63, 3.8) is 0 Å². The van der Waals surface area contributed by atoms with Crippen molar-refractivity contribution in [3.8, 4) is 5.75 Å². The predicted molar refractivity (Wildman–Crippen MR) is 104 cm³/mol. The molecule has 4 rings (SSSR count). The minimum Gasteiger partial charge on any atom is -0.484 e. The van der Waals surface area contributed by atoms with Crippen LogP contribution in [0.15, 0.2) is 36.4 Å². The minimum atomic E-state index is -0.427. The predicted octanol–water partition coefficient (Wildman–Crippen LogP) is 0.899. The molecule has 2 bridgehead atoms. The van der Waals surface area contributed by atoms with E-state index in [-0.39, 0.29) is 54.5 Å². The number of rotatable bonds is 6. The van der Waals surface area contributed by atoms with Crippen LogP contribution in [0.5, 0.6) is 5.75 Å². The van der Waals surface area contributed by atoms with Gasteiger partial charge in [0.15, 0.2) is 6.61 Å². The number of nitrogens with one attached hydrogen (secondary N) is 1. The summed E-state index contributed by atoms with van der Waals surface area (Å²) in [6, 6.07) is 6.55. The molecule has 4 unspecified atom stereocenters. The number of allylic oxidation sites excluding steroid dienone is 2. The van der Waals surface area contributed by atoms with Crippen LogP contribution < -0.4 is 10.1 Å². The van der Waals surface area contributed by atoms with Crippen molar-refractivity contribution in [2.24, 2.45) is 23.7 Å². The molecule has 2 aliphatic carbocycles. The summed E-state index contributed by atoms with van der Waals surface area (Å²) < 4.78 is 5.39. The van der Waals surface area contributed by atoms with Crippen LogP contribution >= 0.6 is 0 Å². The Kier molecular flexibility index (Phi) is 4.86. The second-order valence-corrected chi connectivity index (χ2v) is 7.91. The molecule has 3 aliphatic rings. The number of nitrogens with zero attached hydrogens (tertiary/aromatic N) is 2. The highest BCUT2D eigenvalue weighted by molar-refractivity contribution is 6.09. The van der Waals surface area contributed by atoms with Crippen LogP contribution in [0.25, 0.3) is 0 Å². The van der Waals surface area contributed by atoms with E-state index in [1.165, 1.54) is 4.90 Å². The number of hydrogen-bond donors (Lipinski definition) is 1. The average molecular weight is 397 g/mol. The van der Waals surface area contributed by atoms with Crippen LogP contribution in [-0.2, 0) is 19.2 Å². The molecule has 29 heavy (non-hydrogen) atoms. The fraction of sp³-hybridized carbons (Fsp3) is 0.429. The normalized spacial score (nSPS) is 26.6. The first-order valence-corrected chi connectivity index (χ1v) is 9.61. The van der Waals surface area contributed by atoms with E-state index >= 15 is 0 Å². The van der Waals surface area contributed by atoms with E-state index < -0.39 is 5.91 Å². The van der Waals surface area contributed by atoms with E-state index in [0.717, 1.165) is 11.3 Å². The zero-order chi connectivity index (χ0) is 20.7. The summed E-state index contributed by atoms with van der Waals surface area (Å²) in [5, 5.41) is 2.69. The molecular formula is C21H23N3O5. The first-order valence-electron chi connectivity index (χ1n) is 9.61. The number of imide groups is 1. The molecule has 1 aromatic carbocycles. The number of amides is 4. The lowest BCUT2D eigenvalue weighted by molar-refractivity contribution is -0.143. The maximum absolute atomic E-state index is 12.6. The fourth-order valence-electron chi connectivity index (χ4n) is 4.37. The number of carbonyl (C=O) groups is 4. The summed E-state index contributed by atoms with van der Waals surface area (Å²) in [7, 11) is 3.29. The second-order valence-electron chi connectivity index (χ2n) is 7.91. The SMILES string of the molecule is CN(C)C(=O)COc1ccc(NC(=O)CN2C(=O)C3C4C=CC(C4)C3C2=O)cc1. The van der Waals surface area contributed by atoms with Crippen molar-refractivity contribution in [1.82, 2.24) is 9.80 Å². The van der Waals surface area contributed by atoms with Crippen molar-refractivity contribution in [2.45, 2.75) is 6.42 Å². The molecule has 1 N–H and O–H groups in total. The van der Waals surface area contributed by atoms with Crippen LogP contribution in [0, 0.1) is 23.7 Å². The lowest BCUT2D eigenvalue weighted by atomic mass is 9.85. The Morgan fingerprint density at radius 1 is 1.07 bits per heavy atom. The summed E-state index contributed by atoms with van der Waals surface area (Å²) in [6.45, 7) is -0.350. The van der Waals surface area contributed by atoms with E-state index in [9.17, 15) is 19.2 Å². The van der Waals surface area contributed by atoms with Crippen LogP contribution in [0.4, 0.5) is 5.69 Å². The van der Waals surface area contributed by atoms with Crippen LogP contribution in [0.1, 0.15) is 6.42 Å². The van der Waals surface area contributed by atoms with Gasteiger partial charge < -0.3 is 15.0 Å². The third-order valence-corrected chi connectivity index (χ3v) is 5.86. The number of hydrogen-bond acceptors (Lipinski definition) is 5. The summed E-state index contributed by atoms with van der Waals surface area (Å²) in [4.78, 5) is 51.7. The van der Waals surface area contributed by atoms with Gasteiger partial charge in [-0.05, 0) is 42.5 Å². The monoisotopic (exact) mass is 397 g/mol. The van der Waals surface area contributed by atoms with Gasteiger partial charge in [0.05, 0.1) is 11.8 Å². The molecule has 152 valence electrons. The number of likely N-dealkylation sites (N-methyl/N-ethyl adjacent to an activating group) is 1. The van der Waals surface area contributed by atoms with Gasteiger partial charge in [-0.25, -0.2) is 0 Å². The van der Waals surface area contributed by atoms with E-state index in [1.54, 1.807) is 38.4 Å². The number of anilines is 1. The second kappa shape index (κ2) is 7.35. The quantitative estimate of drug-likeness (QED) is 0.568. The van der Waals surface area contributed by atoms with Crippen molar-refractivity contribution in [3.05, 3.63) is 36.4 Å². The largest absolute Gasteiger partial charge is 0.484 e. The van der Waals surface area contributed by atoms with E-state index in [1.807, 2.05) is 12.2 Å². The summed E-state index contributed by atoms with van der Waals surface area (Å²) in [5.74, 6) is -0.901. The summed E-state index contributed by atoms with van der Waals surface area (Å²) >= 11 is 0. The Morgan fingerprint density at radius 2 is 1.66 bits per heavy atom. The van der Waals surface area contributed by atoms with E-state index in [0.29, 0.717) is 11.4 Å². The highest BCUT2D eigenvalue weighted by Crippen LogP contribution is 2.52. The van der Waals surface area contributed by atoms with E-state index in [2.05, 4.69) is 5.32 Å². The molecule has 4 amide bonds. The van der Waals surface area contributed by atoms with Crippen LogP contribution in [0.2, 0.25) is 0 Å². The standard InChI is InChI=1S/C21H23N3O5/c1-23(2)17(26)11-29-15-7-5-14(6-8-15)22-16(25)10-24-20(27)18-12-3-4-13(9-12)19(18)21(24)28/h3-8,12-13,18-19H,9-11H2,1-2H3,(H,22,25). The third-order valence-electron chi connectivity index (χ3n) is 5.86. The van der Waals surface area contributed by atoms with Crippen LogP contribution in [-0.4, -0.2) is 60.7 Å². The molecular weight excluding hydrogens is 374 g/mol. The molecule has 0 spiro atoms. The van der Waals surface area contributed by atoms with Gasteiger partial charge in [-0.3, -0.25) is 24.1 Å². The zero-order valence-corrected chi connectivity index (χ0v) is 16.3. The van der Waals surface area contributed by atoms with Gasteiger partial charge in [0.1, 0.15) is 12.3 Å². The van der Waals surface area contributed by atoms with Crippen molar-refractivity contribution >= 4 is 29.3 Å². The van der Waals surface area contributed by atoms with Gasteiger partial charge in [-0.15, -0.1) is 0 Å². The first kappa shape index (κ1) is 19.2. The van der Waals surface area contributed by atoms with Crippen molar-refractivity contribution in [2.75, 3.05) is 32.6 Å². The van der Waals surface area contributed by atoms with Gasteiger partial charge in [-0.1, -0.05) is 12.2 Å². The number of carbonyl (C=O) groups excluding carboxylic acids is 4. The molecule has 0 radical (unpaired) electrons. The molecule has 1 saturated carbocycles. The topological polar surface area (TPSA) is 96.0 Å². The molecule has 2 fully saturated rings. The smallest absolute Gasteiger partial charge is 0.259 e. The lowest BCUT2D eigenvalue weighted by Gasteiger charge is -2.17. The zero-order valence-electron chi connectivity index (χ0n) is 16.3. The lowest BCUT2D eigenvalue weighted by Crippen LogP contribution is -2.39. The molecule has 1 heterocycles. The Bertz CT molecular complexity index is 862. The minimum absolute atomic E-state index is 0.0724. The number of fused-ring (bicyclic) bond motifs is 5. The molecule has 1 aromatic rings. The Morgan fingerprint density at radius 3 is 2.21 bits per heavy atom. The molecule has 8 heteroatoms. The van der Waals surface area contributed by atoms with Gasteiger partial charge in [0.25, 0.3) is 5.91 Å². The highest BCUT2D eigenvalue weighted by Gasteiger charge is 2.59. The summed E-state index contributed by atoms with van der Waals surface area (Å²) in [5.41, 5.74) is 0.516. The van der Waals surface area contributed by atoms with Crippen molar-refractivity contribution < 1.29 is 23.9 Å². The van der Waals surface area contributed by atoms with Gasteiger partial charge >= 0.3 is 0 Å². The molecule has 0 aromatic heterocycles. The fourth-order valence-corrected chi connectivity index (χ4v) is 4.37. The first-order chi connectivity index (χ1) is 13.8. The van der Waals surface area contributed by atoms with Crippen molar-refractivity contribution in [1.29, 1.82) is 0 Å². The summed E-state index contributed by atoms with van der Waals surface area (Å²) in [6.07, 6.45) is 4.91. The van der Waals surface area contributed by atoms with Crippen LogP contribution in [0.3, 0.4) is 0 Å². The maximum atomic E-state index is 12.6. The highest BCUT2D eigenvalue weighted by atomic mass is 16.5. The molecule has 1 saturated heterocycles. The molecule has 8 nitrogen and oxygen atoms in total. The Labute approximate surface area is 168 Å². The molecule has 1 aliphatic heterocycles. The van der Waals surface area contributed by atoms with Gasteiger partial charge in [-0.2, -0.15) is 0 Å². The Hall–Kier alpha value is -3.16. The van der Waals surface area contributed by atoms with Gasteiger partial charge in [0.2, 0.25) is 17.7 Å². The average Bonchev–Trinajstić information content (AvgIpc) is 3.37.